The molecule has 3 N–H and O–H groups in total. The van der Waals surface area contributed by atoms with Crippen LogP contribution < -0.4 is 16.0 Å². The maximum Gasteiger partial charge on any atom is 0.191 e. The fourth-order valence-electron chi connectivity index (χ4n) is 2.85. The fourth-order valence-corrected chi connectivity index (χ4v) is 2.85. The minimum Gasteiger partial charge on any atom is -0.385 e. The van der Waals surface area contributed by atoms with E-state index in [1.165, 1.54) is 12.8 Å². The monoisotopic (exact) mass is 469 g/mol. The Morgan fingerprint density at radius 2 is 1.92 bits per heavy atom. The summed E-state index contributed by atoms with van der Waals surface area (Å²) in [6, 6.07) is 0.525. The molecule has 150 valence electrons. The molecule has 6 nitrogen and oxygen atoms in total. The van der Waals surface area contributed by atoms with Crippen LogP contribution >= 0.6 is 24.0 Å². The van der Waals surface area contributed by atoms with Crippen molar-refractivity contribution in [1.82, 2.24) is 20.9 Å². The summed E-state index contributed by atoms with van der Waals surface area (Å²) < 4.78 is 5.13. The molecule has 0 radical (unpaired) electrons. The van der Waals surface area contributed by atoms with Gasteiger partial charge in [-0.2, -0.15) is 0 Å². The Labute approximate surface area is 171 Å². The van der Waals surface area contributed by atoms with Gasteiger partial charge in [0, 0.05) is 58.0 Å². The molecule has 1 aliphatic rings. The van der Waals surface area contributed by atoms with Gasteiger partial charge in [-0.3, -0.25) is 4.99 Å². The Hall–Kier alpha value is -0.120. The zero-order chi connectivity index (χ0) is 17.8. The molecule has 1 heterocycles. The molecule has 0 aromatic heterocycles. The van der Waals surface area contributed by atoms with Gasteiger partial charge in [0.05, 0.1) is 6.54 Å². The molecule has 0 amide bonds. The summed E-state index contributed by atoms with van der Waals surface area (Å²) in [7, 11) is 1.77. The molecule has 1 aliphatic heterocycles. The van der Waals surface area contributed by atoms with Crippen LogP contribution in [0.5, 0.6) is 0 Å². The van der Waals surface area contributed by atoms with E-state index in [0.717, 1.165) is 58.3 Å². The van der Waals surface area contributed by atoms with E-state index in [-0.39, 0.29) is 29.5 Å². The van der Waals surface area contributed by atoms with Crippen LogP contribution in [0.3, 0.4) is 0 Å². The van der Waals surface area contributed by atoms with Crippen molar-refractivity contribution in [2.24, 2.45) is 4.99 Å². The predicted octanol–water partition coefficient (Wildman–Crippen LogP) is 2.05. The zero-order valence-corrected chi connectivity index (χ0v) is 19.2. The van der Waals surface area contributed by atoms with E-state index in [2.05, 4.69) is 48.5 Å². The summed E-state index contributed by atoms with van der Waals surface area (Å²) in [6.45, 7) is 15.6. The highest BCUT2D eigenvalue weighted by Crippen LogP contribution is 2.10. The minimum atomic E-state index is 0. The summed E-state index contributed by atoms with van der Waals surface area (Å²) in [4.78, 5) is 7.23. The quantitative estimate of drug-likeness (QED) is 0.209. The summed E-state index contributed by atoms with van der Waals surface area (Å²) in [5.41, 5.74) is 0.150. The van der Waals surface area contributed by atoms with Crippen molar-refractivity contribution in [1.29, 1.82) is 0 Å². The van der Waals surface area contributed by atoms with Gasteiger partial charge in [-0.05, 0) is 47.0 Å². The highest BCUT2D eigenvalue weighted by molar-refractivity contribution is 14.0. The number of methoxy groups -OCH3 is 1. The lowest BCUT2D eigenvalue weighted by Crippen LogP contribution is -2.49. The summed E-state index contributed by atoms with van der Waals surface area (Å²) in [6.07, 6.45) is 3.48. The van der Waals surface area contributed by atoms with Gasteiger partial charge in [0.15, 0.2) is 5.96 Å². The first-order valence-electron chi connectivity index (χ1n) is 9.45. The average Bonchev–Trinajstić information content (AvgIpc) is 2.52. The minimum absolute atomic E-state index is 0. The number of ether oxygens (including phenoxy) is 1. The number of nitrogens with zero attached hydrogens (tertiary/aromatic N) is 2. The molecule has 0 atom stereocenters. The normalized spacial score (nSPS) is 17.2. The average molecular weight is 469 g/mol. The first kappa shape index (κ1) is 24.9. The molecule has 0 aromatic carbocycles. The molecule has 0 saturated carbocycles. The second kappa shape index (κ2) is 14.0. The third kappa shape index (κ3) is 12.8. The number of aliphatic imine (C=N–C) groups is 1. The topological polar surface area (TPSA) is 60.9 Å². The van der Waals surface area contributed by atoms with Crippen molar-refractivity contribution in [3.63, 3.8) is 0 Å². The molecule has 0 unspecified atom stereocenters. The second-order valence-electron chi connectivity index (χ2n) is 7.54. The third-order valence-corrected chi connectivity index (χ3v) is 4.13. The Balaban J connectivity index is 0.00000576. The Kier molecular flexibility index (Phi) is 13.9. The van der Waals surface area contributed by atoms with Crippen LogP contribution in [0.1, 0.15) is 47.0 Å². The number of halogens is 1. The van der Waals surface area contributed by atoms with Crippen LogP contribution in [-0.4, -0.2) is 75.4 Å². The molecule has 1 rings (SSSR count). The maximum atomic E-state index is 5.13. The molecule has 25 heavy (non-hydrogen) atoms. The van der Waals surface area contributed by atoms with Crippen LogP contribution in [0, 0.1) is 0 Å². The third-order valence-electron chi connectivity index (χ3n) is 4.13. The molecule has 0 aliphatic carbocycles. The Morgan fingerprint density at radius 1 is 1.24 bits per heavy atom. The largest absolute Gasteiger partial charge is 0.385 e. The van der Waals surface area contributed by atoms with Gasteiger partial charge in [0.25, 0.3) is 0 Å². The van der Waals surface area contributed by atoms with E-state index in [1.807, 2.05) is 0 Å². The number of hydrogen-bond donors (Lipinski definition) is 3. The van der Waals surface area contributed by atoms with Gasteiger partial charge >= 0.3 is 0 Å². The van der Waals surface area contributed by atoms with Crippen LogP contribution in [0.2, 0.25) is 0 Å². The second-order valence-corrected chi connectivity index (χ2v) is 7.54. The maximum absolute atomic E-state index is 5.13. The van der Waals surface area contributed by atoms with Crippen LogP contribution in [0.15, 0.2) is 4.99 Å². The smallest absolute Gasteiger partial charge is 0.191 e. The number of guanidine groups is 1. The van der Waals surface area contributed by atoms with Crippen LogP contribution in [0.4, 0.5) is 0 Å². The van der Waals surface area contributed by atoms with E-state index in [0.29, 0.717) is 6.04 Å². The van der Waals surface area contributed by atoms with Gasteiger partial charge in [-0.1, -0.05) is 0 Å². The van der Waals surface area contributed by atoms with E-state index in [1.54, 1.807) is 7.11 Å². The van der Waals surface area contributed by atoms with Gasteiger partial charge in [-0.15, -0.1) is 24.0 Å². The van der Waals surface area contributed by atoms with Crippen molar-refractivity contribution < 1.29 is 4.74 Å². The zero-order valence-electron chi connectivity index (χ0n) is 16.9. The number of likely N-dealkylation sites (tertiary alicyclic amines) is 1. The van der Waals surface area contributed by atoms with Gasteiger partial charge in [0.1, 0.15) is 0 Å². The van der Waals surface area contributed by atoms with Crippen molar-refractivity contribution >= 4 is 29.9 Å². The molecule has 7 heteroatoms. The number of nitrogens with one attached hydrogen (secondary N) is 3. The van der Waals surface area contributed by atoms with Crippen molar-refractivity contribution in [3.05, 3.63) is 0 Å². The highest BCUT2D eigenvalue weighted by atomic mass is 127. The summed E-state index contributed by atoms with van der Waals surface area (Å²) >= 11 is 0. The SMILES string of the molecule is CCNC(=NCCNC(C)(C)C)NC1CCN(CCCOC)CC1.I. The van der Waals surface area contributed by atoms with Crippen molar-refractivity contribution in [3.8, 4) is 0 Å². The number of hydrogen-bond acceptors (Lipinski definition) is 4. The molecule has 0 aromatic rings. The van der Waals surface area contributed by atoms with E-state index < -0.39 is 0 Å². The van der Waals surface area contributed by atoms with Gasteiger partial charge < -0.3 is 25.6 Å². The van der Waals surface area contributed by atoms with Gasteiger partial charge in [0.2, 0.25) is 0 Å². The highest BCUT2D eigenvalue weighted by Gasteiger charge is 2.19. The lowest BCUT2D eigenvalue weighted by atomic mass is 10.1. The Morgan fingerprint density at radius 3 is 2.48 bits per heavy atom. The molecular formula is C18H40IN5O. The predicted molar refractivity (Wildman–Crippen MR) is 118 cm³/mol. The molecular weight excluding hydrogens is 429 g/mol. The number of rotatable bonds is 9. The molecule has 0 bridgehead atoms. The first-order chi connectivity index (χ1) is 11.4. The van der Waals surface area contributed by atoms with E-state index >= 15 is 0 Å². The van der Waals surface area contributed by atoms with Crippen LogP contribution in [-0.2, 0) is 4.74 Å². The van der Waals surface area contributed by atoms with E-state index in [4.69, 9.17) is 9.73 Å². The number of piperidine rings is 1. The summed E-state index contributed by atoms with van der Waals surface area (Å²) in [5, 5.41) is 10.4. The van der Waals surface area contributed by atoms with Crippen molar-refractivity contribution in [2.45, 2.75) is 58.5 Å². The fraction of sp³-hybridized carbons (Fsp3) is 0.944. The van der Waals surface area contributed by atoms with Crippen molar-refractivity contribution in [2.75, 3.05) is 53.0 Å². The van der Waals surface area contributed by atoms with E-state index in [9.17, 15) is 0 Å². The van der Waals surface area contributed by atoms with Crippen LogP contribution in [0.25, 0.3) is 0 Å². The lowest BCUT2D eigenvalue weighted by Gasteiger charge is -2.33. The van der Waals surface area contributed by atoms with Gasteiger partial charge in [-0.25, -0.2) is 0 Å². The lowest BCUT2D eigenvalue weighted by molar-refractivity contribution is 0.155. The first-order valence-corrected chi connectivity index (χ1v) is 9.45. The molecule has 1 fully saturated rings. The standard InChI is InChI=1S/C18H39N5O.HI/c1-6-19-17(20-10-11-21-18(2,3)4)22-16-8-13-23(14-9-16)12-7-15-24-5;/h16,21H,6-15H2,1-5H3,(H2,19,20,22);1H. The molecule has 0 spiro atoms. The Bertz CT molecular complexity index is 352. The summed E-state index contributed by atoms with van der Waals surface area (Å²) in [5.74, 6) is 0.950. The molecule has 1 saturated heterocycles.